The van der Waals surface area contributed by atoms with Gasteiger partial charge in [0.15, 0.2) is 5.78 Å². The molecule has 0 radical (unpaired) electrons. The number of carbonyl (C=O) groups excluding carboxylic acids is 1. The molecule has 2 rings (SSSR count). The van der Waals surface area contributed by atoms with Crippen molar-refractivity contribution in [3.63, 3.8) is 0 Å². The van der Waals surface area contributed by atoms with Crippen LogP contribution in [0.3, 0.4) is 0 Å². The number of ketones is 1. The van der Waals surface area contributed by atoms with E-state index in [4.69, 9.17) is 16.1 Å². The van der Waals surface area contributed by atoms with Crippen LogP contribution >= 0.6 is 11.6 Å². The Balaban J connectivity index is 2.54. The predicted octanol–water partition coefficient (Wildman–Crippen LogP) is 3.34. The Bertz CT molecular complexity index is 530. The summed E-state index contributed by atoms with van der Waals surface area (Å²) in [5.41, 5.74) is 0.355. The first-order valence-electron chi connectivity index (χ1n) is 4.51. The minimum Gasteiger partial charge on any atom is -0.353 e. The first-order valence-corrected chi connectivity index (χ1v) is 4.89. The van der Waals surface area contributed by atoms with Gasteiger partial charge in [-0.25, -0.2) is 4.39 Å². The van der Waals surface area contributed by atoms with Crippen molar-refractivity contribution in [1.82, 2.24) is 5.16 Å². The molecule has 3 nitrogen and oxygen atoms in total. The topological polar surface area (TPSA) is 43.1 Å². The SMILES string of the molecule is CC(=O)c1cc(-c2c(F)cccc2Cl)no1. The predicted molar refractivity (Wildman–Crippen MR) is 56.9 cm³/mol. The van der Waals surface area contributed by atoms with Gasteiger partial charge in [0, 0.05) is 13.0 Å². The zero-order valence-electron chi connectivity index (χ0n) is 8.33. The van der Waals surface area contributed by atoms with Crippen LogP contribution in [0, 0.1) is 5.82 Å². The van der Waals surface area contributed by atoms with Gasteiger partial charge in [-0.2, -0.15) is 0 Å². The highest BCUT2D eigenvalue weighted by molar-refractivity contribution is 6.33. The molecule has 0 saturated carbocycles. The largest absolute Gasteiger partial charge is 0.353 e. The van der Waals surface area contributed by atoms with Crippen molar-refractivity contribution in [3.05, 3.63) is 40.9 Å². The second-order valence-corrected chi connectivity index (χ2v) is 3.64. The van der Waals surface area contributed by atoms with E-state index in [1.165, 1.54) is 25.1 Å². The zero-order chi connectivity index (χ0) is 11.7. The van der Waals surface area contributed by atoms with Gasteiger partial charge in [-0.1, -0.05) is 22.8 Å². The van der Waals surface area contributed by atoms with E-state index in [1.54, 1.807) is 6.07 Å². The molecule has 1 aromatic carbocycles. The van der Waals surface area contributed by atoms with Gasteiger partial charge in [0.25, 0.3) is 0 Å². The van der Waals surface area contributed by atoms with Gasteiger partial charge < -0.3 is 4.52 Å². The summed E-state index contributed by atoms with van der Waals surface area (Å²) >= 11 is 5.85. The molecule has 0 spiro atoms. The van der Waals surface area contributed by atoms with Crippen LogP contribution in [0.4, 0.5) is 4.39 Å². The van der Waals surface area contributed by atoms with Crippen LogP contribution in [0.25, 0.3) is 11.3 Å². The van der Waals surface area contributed by atoms with Crippen molar-refractivity contribution in [2.24, 2.45) is 0 Å². The van der Waals surface area contributed by atoms with Crippen LogP contribution < -0.4 is 0 Å². The summed E-state index contributed by atoms with van der Waals surface area (Å²) in [4.78, 5) is 11.0. The first kappa shape index (κ1) is 10.8. The van der Waals surface area contributed by atoms with Crippen molar-refractivity contribution >= 4 is 17.4 Å². The van der Waals surface area contributed by atoms with Crippen molar-refractivity contribution in [2.45, 2.75) is 6.92 Å². The molecule has 0 aliphatic heterocycles. The van der Waals surface area contributed by atoms with Crippen molar-refractivity contribution in [1.29, 1.82) is 0 Å². The van der Waals surface area contributed by atoms with Crippen molar-refractivity contribution < 1.29 is 13.7 Å². The van der Waals surface area contributed by atoms with Crippen LogP contribution in [-0.2, 0) is 0 Å². The fraction of sp³-hybridized carbons (Fsp3) is 0.0909. The molecule has 82 valence electrons. The highest BCUT2D eigenvalue weighted by Crippen LogP contribution is 2.29. The van der Waals surface area contributed by atoms with Crippen molar-refractivity contribution in [3.8, 4) is 11.3 Å². The van der Waals surface area contributed by atoms with E-state index in [2.05, 4.69) is 5.16 Å². The zero-order valence-corrected chi connectivity index (χ0v) is 9.08. The van der Waals surface area contributed by atoms with Crippen LogP contribution in [0.5, 0.6) is 0 Å². The van der Waals surface area contributed by atoms with E-state index in [0.717, 1.165) is 0 Å². The number of Topliss-reactive ketones (excluding diaryl/α,β-unsaturated/α-hetero) is 1. The second kappa shape index (κ2) is 4.06. The Morgan fingerprint density at radius 3 is 2.81 bits per heavy atom. The normalized spacial score (nSPS) is 10.4. The summed E-state index contributed by atoms with van der Waals surface area (Å²) in [6.07, 6.45) is 0. The van der Waals surface area contributed by atoms with E-state index in [-0.39, 0.29) is 27.8 Å². The maximum atomic E-state index is 13.5. The Kier molecular flexibility index (Phi) is 2.75. The van der Waals surface area contributed by atoms with Crippen molar-refractivity contribution in [2.75, 3.05) is 0 Å². The average Bonchev–Trinajstić information content (AvgIpc) is 2.66. The summed E-state index contributed by atoms with van der Waals surface area (Å²) in [5.74, 6) is -0.698. The highest BCUT2D eigenvalue weighted by Gasteiger charge is 2.15. The molecule has 5 heteroatoms. The molecule has 0 fully saturated rings. The molecule has 0 atom stereocenters. The Labute approximate surface area is 95.8 Å². The van der Waals surface area contributed by atoms with Gasteiger partial charge >= 0.3 is 0 Å². The smallest absolute Gasteiger partial charge is 0.202 e. The molecule has 0 amide bonds. The quantitative estimate of drug-likeness (QED) is 0.755. The fourth-order valence-electron chi connectivity index (χ4n) is 1.30. The number of halogens is 2. The highest BCUT2D eigenvalue weighted by atomic mass is 35.5. The van der Waals surface area contributed by atoms with E-state index in [0.29, 0.717) is 0 Å². The molecule has 0 unspecified atom stereocenters. The Morgan fingerprint density at radius 2 is 2.25 bits per heavy atom. The third-order valence-electron chi connectivity index (χ3n) is 2.08. The lowest BCUT2D eigenvalue weighted by Crippen LogP contribution is -1.87. The van der Waals surface area contributed by atoms with E-state index < -0.39 is 5.82 Å². The van der Waals surface area contributed by atoms with E-state index >= 15 is 0 Å². The third-order valence-corrected chi connectivity index (χ3v) is 2.39. The molecule has 0 N–H and O–H groups in total. The summed E-state index contributed by atoms with van der Waals surface area (Å²) in [5, 5.41) is 3.83. The summed E-state index contributed by atoms with van der Waals surface area (Å²) in [6, 6.07) is 5.67. The van der Waals surface area contributed by atoms with Gasteiger partial charge in [0.05, 0.1) is 10.6 Å². The standard InChI is InChI=1S/C11H7ClFNO2/c1-6(15)10-5-9(14-16-10)11-7(12)3-2-4-8(11)13/h2-5H,1H3. The lowest BCUT2D eigenvalue weighted by Gasteiger charge is -2.00. The Hall–Kier alpha value is -1.68. The van der Waals surface area contributed by atoms with Gasteiger partial charge in [0.1, 0.15) is 11.5 Å². The number of benzene rings is 1. The van der Waals surface area contributed by atoms with Crippen LogP contribution in [-0.4, -0.2) is 10.9 Å². The van der Waals surface area contributed by atoms with Crippen LogP contribution in [0.2, 0.25) is 5.02 Å². The summed E-state index contributed by atoms with van der Waals surface area (Å²) < 4.78 is 18.3. The lowest BCUT2D eigenvalue weighted by atomic mass is 10.1. The fourth-order valence-corrected chi connectivity index (χ4v) is 1.56. The first-order chi connectivity index (χ1) is 7.59. The molecule has 1 heterocycles. The van der Waals surface area contributed by atoms with Crippen LogP contribution in [0.1, 0.15) is 17.5 Å². The number of hydrogen-bond donors (Lipinski definition) is 0. The molecular formula is C11H7ClFNO2. The maximum Gasteiger partial charge on any atom is 0.202 e. The number of nitrogens with zero attached hydrogens (tertiary/aromatic N) is 1. The monoisotopic (exact) mass is 239 g/mol. The lowest BCUT2D eigenvalue weighted by molar-refractivity contribution is 0.0978. The third kappa shape index (κ3) is 1.84. The maximum absolute atomic E-state index is 13.5. The summed E-state index contributed by atoms with van der Waals surface area (Å²) in [6.45, 7) is 1.34. The second-order valence-electron chi connectivity index (χ2n) is 3.23. The molecule has 1 aromatic heterocycles. The molecule has 0 aliphatic rings. The van der Waals surface area contributed by atoms with E-state index in [9.17, 15) is 9.18 Å². The van der Waals surface area contributed by atoms with E-state index in [1.807, 2.05) is 0 Å². The van der Waals surface area contributed by atoms with Gasteiger partial charge in [-0.15, -0.1) is 0 Å². The molecular weight excluding hydrogens is 233 g/mol. The minimum atomic E-state index is -0.504. The average molecular weight is 240 g/mol. The number of hydrogen-bond acceptors (Lipinski definition) is 3. The van der Waals surface area contributed by atoms with Gasteiger partial charge in [-0.3, -0.25) is 4.79 Å². The number of rotatable bonds is 2. The molecule has 0 aliphatic carbocycles. The molecule has 0 saturated heterocycles. The number of aromatic nitrogens is 1. The minimum absolute atomic E-state index is 0.0781. The van der Waals surface area contributed by atoms with Gasteiger partial charge in [0.2, 0.25) is 5.76 Å². The summed E-state index contributed by atoms with van der Waals surface area (Å²) in [7, 11) is 0. The molecule has 2 aromatic rings. The molecule has 16 heavy (non-hydrogen) atoms. The molecule has 0 bridgehead atoms. The Morgan fingerprint density at radius 1 is 1.50 bits per heavy atom. The van der Waals surface area contributed by atoms with Crippen LogP contribution in [0.15, 0.2) is 28.8 Å². The number of carbonyl (C=O) groups is 1. The van der Waals surface area contributed by atoms with Gasteiger partial charge in [-0.05, 0) is 12.1 Å².